The first-order chi connectivity index (χ1) is 15.0. The van der Waals surface area contributed by atoms with Gasteiger partial charge in [-0.2, -0.15) is 4.68 Å². The lowest BCUT2D eigenvalue weighted by molar-refractivity contribution is -0.157. The molecule has 8 nitrogen and oxygen atoms in total. The monoisotopic (exact) mass is 440 g/mol. The predicted molar refractivity (Wildman–Crippen MR) is 110 cm³/mol. The molecule has 1 aromatic heterocycles. The number of halogens is 1. The minimum Gasteiger partial charge on any atom is -0.441 e. The molecule has 31 heavy (non-hydrogen) atoms. The molecule has 5 rings (SSSR count). The summed E-state index contributed by atoms with van der Waals surface area (Å²) in [6, 6.07) is 11.9. The molecule has 0 spiro atoms. The highest BCUT2D eigenvalue weighted by Crippen LogP contribution is 2.54. The highest BCUT2D eigenvalue weighted by Gasteiger charge is 2.57. The molecule has 0 N–H and O–H groups in total. The summed E-state index contributed by atoms with van der Waals surface area (Å²) in [6.45, 7) is -0.401. The summed E-state index contributed by atoms with van der Waals surface area (Å²) in [5.41, 5.74) is 0.808. The van der Waals surface area contributed by atoms with Gasteiger partial charge in [-0.25, -0.2) is 9.18 Å². The molecule has 2 aliphatic rings. The van der Waals surface area contributed by atoms with Crippen LogP contribution in [0.1, 0.15) is 18.4 Å². The molecule has 2 aliphatic heterocycles. The molecule has 0 radical (unpaired) electrons. The number of carbonyl (C=O) groups is 2. The summed E-state index contributed by atoms with van der Waals surface area (Å²) in [5.74, 6) is -0.787. The van der Waals surface area contributed by atoms with E-state index in [-0.39, 0.29) is 11.7 Å². The van der Waals surface area contributed by atoms with Crippen molar-refractivity contribution in [1.29, 1.82) is 0 Å². The standard InChI is InChI=1S/C21H17FN4O4S/c22-14-7-5-13(6-8-14)21-10-9-18(27)26(21)17(11-31-21)20(29)30-12-25-19(28)15-3-1-2-4-16(15)23-24-25/h1-8,17H,9-12H2. The van der Waals surface area contributed by atoms with E-state index in [1.807, 2.05) is 0 Å². The second-order valence-electron chi connectivity index (χ2n) is 7.39. The van der Waals surface area contributed by atoms with Crippen molar-refractivity contribution >= 4 is 34.5 Å². The van der Waals surface area contributed by atoms with Crippen LogP contribution in [0.25, 0.3) is 10.9 Å². The van der Waals surface area contributed by atoms with E-state index in [0.29, 0.717) is 29.5 Å². The third-order valence-corrected chi connectivity index (χ3v) is 7.25. The Balaban J connectivity index is 1.37. The predicted octanol–water partition coefficient (Wildman–Crippen LogP) is 2.02. The van der Waals surface area contributed by atoms with Crippen LogP contribution in [0.3, 0.4) is 0 Å². The van der Waals surface area contributed by atoms with Crippen LogP contribution >= 0.6 is 11.8 Å². The van der Waals surface area contributed by atoms with Crippen LogP contribution in [-0.4, -0.2) is 43.6 Å². The van der Waals surface area contributed by atoms with Gasteiger partial charge >= 0.3 is 5.97 Å². The molecule has 158 valence electrons. The Bertz CT molecular complexity index is 1250. The molecule has 2 unspecified atom stereocenters. The zero-order chi connectivity index (χ0) is 21.6. The molecular weight excluding hydrogens is 423 g/mol. The number of thioether (sulfide) groups is 1. The first-order valence-electron chi connectivity index (χ1n) is 9.71. The molecule has 0 saturated carbocycles. The largest absolute Gasteiger partial charge is 0.441 e. The van der Waals surface area contributed by atoms with Crippen molar-refractivity contribution in [3.63, 3.8) is 0 Å². The average Bonchev–Trinajstić information content (AvgIpc) is 3.33. The number of esters is 1. The van der Waals surface area contributed by atoms with E-state index in [0.717, 1.165) is 10.2 Å². The zero-order valence-corrected chi connectivity index (χ0v) is 17.0. The fourth-order valence-corrected chi connectivity index (χ4v) is 5.79. The van der Waals surface area contributed by atoms with E-state index in [1.165, 1.54) is 23.9 Å². The lowest BCUT2D eigenvalue weighted by Gasteiger charge is -2.33. The van der Waals surface area contributed by atoms with Gasteiger partial charge in [-0.3, -0.25) is 9.59 Å². The number of rotatable bonds is 4. The van der Waals surface area contributed by atoms with Crippen molar-refractivity contribution in [2.45, 2.75) is 30.5 Å². The van der Waals surface area contributed by atoms with Crippen LogP contribution in [-0.2, 0) is 25.9 Å². The van der Waals surface area contributed by atoms with Gasteiger partial charge < -0.3 is 9.64 Å². The molecule has 2 atom stereocenters. The number of nitrogens with zero attached hydrogens (tertiary/aromatic N) is 4. The highest BCUT2D eigenvalue weighted by molar-refractivity contribution is 8.00. The smallest absolute Gasteiger partial charge is 0.331 e. The van der Waals surface area contributed by atoms with E-state index in [2.05, 4.69) is 10.3 Å². The Kier molecular flexibility index (Phi) is 4.73. The minimum absolute atomic E-state index is 0.154. The molecule has 0 aliphatic carbocycles. The van der Waals surface area contributed by atoms with E-state index < -0.39 is 29.2 Å². The van der Waals surface area contributed by atoms with Crippen molar-refractivity contribution < 1.29 is 18.7 Å². The van der Waals surface area contributed by atoms with Crippen molar-refractivity contribution in [2.75, 3.05) is 5.75 Å². The maximum atomic E-state index is 13.4. The molecule has 2 saturated heterocycles. The van der Waals surface area contributed by atoms with Crippen molar-refractivity contribution in [2.24, 2.45) is 0 Å². The van der Waals surface area contributed by atoms with Crippen LogP contribution in [0.4, 0.5) is 4.39 Å². The van der Waals surface area contributed by atoms with Crippen molar-refractivity contribution in [3.05, 3.63) is 70.3 Å². The fourth-order valence-electron chi connectivity index (χ4n) is 4.16. The van der Waals surface area contributed by atoms with Crippen LogP contribution in [0, 0.1) is 5.82 Å². The van der Waals surface area contributed by atoms with Gasteiger partial charge in [0.15, 0.2) is 6.73 Å². The van der Waals surface area contributed by atoms with Gasteiger partial charge in [0.05, 0.1) is 5.39 Å². The molecule has 1 amide bonds. The Morgan fingerprint density at radius 3 is 2.77 bits per heavy atom. The topological polar surface area (TPSA) is 94.4 Å². The molecular formula is C21H17FN4O4S. The van der Waals surface area contributed by atoms with E-state index >= 15 is 0 Å². The highest BCUT2D eigenvalue weighted by atomic mass is 32.2. The molecule has 2 aromatic carbocycles. The number of amides is 1. The third-order valence-electron chi connectivity index (χ3n) is 5.65. The normalized spacial score (nSPS) is 22.7. The molecule has 0 bridgehead atoms. The number of fused-ring (bicyclic) bond motifs is 2. The third kappa shape index (κ3) is 3.18. The number of hydrogen-bond acceptors (Lipinski definition) is 7. The quantitative estimate of drug-likeness (QED) is 0.573. The van der Waals surface area contributed by atoms with Gasteiger partial charge in [-0.05, 0) is 36.2 Å². The summed E-state index contributed by atoms with van der Waals surface area (Å²) in [4.78, 5) is 38.9. The SMILES string of the molecule is O=C(OCn1nnc2ccccc2c1=O)C1CSC2(c3ccc(F)cc3)CCC(=O)N12. The van der Waals surface area contributed by atoms with E-state index in [1.54, 1.807) is 41.3 Å². The molecule has 10 heteroatoms. The zero-order valence-electron chi connectivity index (χ0n) is 16.2. The van der Waals surface area contributed by atoms with Crippen molar-refractivity contribution in [3.8, 4) is 0 Å². The first kappa shape index (κ1) is 19.7. The Morgan fingerprint density at radius 2 is 1.97 bits per heavy atom. The van der Waals surface area contributed by atoms with Gasteiger partial charge in [-0.1, -0.05) is 29.5 Å². The van der Waals surface area contributed by atoms with E-state index in [4.69, 9.17) is 4.74 Å². The van der Waals surface area contributed by atoms with Gasteiger partial charge in [0.25, 0.3) is 5.56 Å². The summed E-state index contributed by atoms with van der Waals surface area (Å²) in [6.07, 6.45) is 0.825. The molecule has 3 heterocycles. The first-order valence-corrected chi connectivity index (χ1v) is 10.7. The maximum absolute atomic E-state index is 13.4. The number of hydrogen-bond donors (Lipinski definition) is 0. The Hall–Kier alpha value is -3.27. The van der Waals surface area contributed by atoms with Gasteiger partial charge in [0.2, 0.25) is 5.91 Å². The molecule has 3 aromatic rings. The Labute approximate surface area is 180 Å². The van der Waals surface area contributed by atoms with Gasteiger partial charge in [0.1, 0.15) is 22.2 Å². The summed E-state index contributed by atoms with van der Waals surface area (Å²) >= 11 is 1.47. The molecule has 2 fully saturated rings. The van der Waals surface area contributed by atoms with Gasteiger partial charge in [0, 0.05) is 12.2 Å². The van der Waals surface area contributed by atoms with Crippen molar-refractivity contribution in [1.82, 2.24) is 19.9 Å². The number of ether oxygens (including phenoxy) is 1. The van der Waals surface area contributed by atoms with Crippen LogP contribution in [0.2, 0.25) is 0 Å². The number of carbonyl (C=O) groups excluding carboxylic acids is 2. The second-order valence-corrected chi connectivity index (χ2v) is 8.68. The second kappa shape index (κ2) is 7.45. The number of aromatic nitrogens is 3. The van der Waals surface area contributed by atoms with Crippen LogP contribution < -0.4 is 5.56 Å². The summed E-state index contributed by atoms with van der Waals surface area (Å²) in [5, 5.41) is 8.14. The van der Waals surface area contributed by atoms with E-state index in [9.17, 15) is 18.8 Å². The number of benzene rings is 2. The van der Waals surface area contributed by atoms with Crippen LogP contribution in [0.5, 0.6) is 0 Å². The average molecular weight is 440 g/mol. The maximum Gasteiger partial charge on any atom is 0.331 e. The lowest BCUT2D eigenvalue weighted by atomic mass is 10.0. The summed E-state index contributed by atoms with van der Waals surface area (Å²) in [7, 11) is 0. The summed E-state index contributed by atoms with van der Waals surface area (Å²) < 4.78 is 19.7. The minimum atomic E-state index is -0.797. The Morgan fingerprint density at radius 1 is 1.19 bits per heavy atom. The van der Waals surface area contributed by atoms with Gasteiger partial charge in [-0.15, -0.1) is 16.9 Å². The lowest BCUT2D eigenvalue weighted by Crippen LogP contribution is -2.47. The van der Waals surface area contributed by atoms with Crippen LogP contribution in [0.15, 0.2) is 53.3 Å². The fraction of sp³-hybridized carbons (Fsp3) is 0.286.